The Morgan fingerprint density at radius 1 is 1.38 bits per heavy atom. The number of nitro benzene ring substituents is 1. The molecule has 0 spiro atoms. The van der Waals surface area contributed by atoms with E-state index >= 15 is 0 Å². The van der Waals surface area contributed by atoms with Gasteiger partial charge in [0.1, 0.15) is 11.7 Å². The van der Waals surface area contributed by atoms with Gasteiger partial charge in [-0.05, 0) is 25.3 Å². The minimum absolute atomic E-state index is 0.0431. The molecule has 0 bridgehead atoms. The molecule has 0 radical (unpaired) electrons. The standard InChI is InChI=1S/C13H15N3O5/c14-12(17)10-5-1-2-7-15(10)11-8(13(18)19)4-3-6-9(11)16(20)21/h3-4,6,10H,1-2,5,7H2,(H2,14,17)(H,18,19). The van der Waals surface area contributed by atoms with E-state index in [9.17, 15) is 24.8 Å². The molecule has 0 aliphatic carbocycles. The topological polar surface area (TPSA) is 127 Å². The average Bonchev–Trinajstić information content (AvgIpc) is 2.46. The van der Waals surface area contributed by atoms with Gasteiger partial charge in [-0.2, -0.15) is 0 Å². The van der Waals surface area contributed by atoms with Crippen LogP contribution in [0.15, 0.2) is 18.2 Å². The first-order chi connectivity index (χ1) is 9.93. The molecule has 21 heavy (non-hydrogen) atoms. The van der Waals surface area contributed by atoms with Gasteiger partial charge in [0.2, 0.25) is 5.91 Å². The van der Waals surface area contributed by atoms with Crippen LogP contribution in [0.25, 0.3) is 0 Å². The predicted molar refractivity (Wildman–Crippen MR) is 74.2 cm³/mol. The second kappa shape index (κ2) is 5.78. The van der Waals surface area contributed by atoms with Crippen molar-refractivity contribution in [2.24, 2.45) is 5.73 Å². The fourth-order valence-electron chi connectivity index (χ4n) is 2.65. The number of anilines is 1. The van der Waals surface area contributed by atoms with Gasteiger partial charge >= 0.3 is 5.97 Å². The lowest BCUT2D eigenvalue weighted by Crippen LogP contribution is -2.48. The molecule has 3 N–H and O–H groups in total. The minimum atomic E-state index is -1.28. The fraction of sp³-hybridized carbons (Fsp3) is 0.385. The number of carboxylic acids is 1. The number of primary amides is 1. The number of carbonyl (C=O) groups is 2. The highest BCUT2D eigenvalue weighted by Crippen LogP contribution is 2.36. The second-order valence-corrected chi connectivity index (χ2v) is 4.84. The smallest absolute Gasteiger partial charge is 0.338 e. The fourth-order valence-corrected chi connectivity index (χ4v) is 2.65. The summed E-state index contributed by atoms with van der Waals surface area (Å²) in [5, 5.41) is 20.4. The zero-order valence-electron chi connectivity index (χ0n) is 11.2. The van der Waals surface area contributed by atoms with Crippen molar-refractivity contribution in [1.82, 2.24) is 0 Å². The van der Waals surface area contributed by atoms with Crippen molar-refractivity contribution in [3.8, 4) is 0 Å². The highest BCUT2D eigenvalue weighted by molar-refractivity contribution is 5.98. The highest BCUT2D eigenvalue weighted by atomic mass is 16.6. The van der Waals surface area contributed by atoms with Gasteiger partial charge in [-0.15, -0.1) is 0 Å². The van der Waals surface area contributed by atoms with E-state index in [0.717, 1.165) is 12.8 Å². The molecule has 1 fully saturated rings. The monoisotopic (exact) mass is 293 g/mol. The van der Waals surface area contributed by atoms with Crippen molar-refractivity contribution in [3.05, 3.63) is 33.9 Å². The van der Waals surface area contributed by atoms with Gasteiger partial charge in [0.15, 0.2) is 0 Å². The first kappa shape index (κ1) is 14.8. The molecule has 1 aliphatic heterocycles. The maximum atomic E-state index is 11.6. The third-order valence-corrected chi connectivity index (χ3v) is 3.56. The zero-order chi connectivity index (χ0) is 15.6. The summed E-state index contributed by atoms with van der Waals surface area (Å²) in [4.78, 5) is 34.9. The molecule has 2 rings (SSSR count). The Morgan fingerprint density at radius 3 is 2.67 bits per heavy atom. The number of nitrogens with zero attached hydrogens (tertiary/aromatic N) is 2. The molecular formula is C13H15N3O5. The number of hydrogen-bond donors (Lipinski definition) is 2. The van der Waals surface area contributed by atoms with Gasteiger partial charge < -0.3 is 15.7 Å². The molecule has 1 aromatic rings. The van der Waals surface area contributed by atoms with Crippen LogP contribution in [0, 0.1) is 10.1 Å². The maximum absolute atomic E-state index is 11.6. The van der Waals surface area contributed by atoms with Crippen LogP contribution < -0.4 is 10.6 Å². The van der Waals surface area contributed by atoms with Crippen LogP contribution >= 0.6 is 0 Å². The largest absolute Gasteiger partial charge is 0.478 e. The van der Waals surface area contributed by atoms with E-state index in [1.807, 2.05) is 0 Å². The Hall–Kier alpha value is -2.64. The van der Waals surface area contributed by atoms with Crippen LogP contribution in [0.2, 0.25) is 0 Å². The molecule has 0 aromatic heterocycles. The van der Waals surface area contributed by atoms with Crippen molar-refractivity contribution in [1.29, 1.82) is 0 Å². The van der Waals surface area contributed by atoms with Crippen molar-refractivity contribution in [2.45, 2.75) is 25.3 Å². The van der Waals surface area contributed by atoms with Crippen LogP contribution in [0.4, 0.5) is 11.4 Å². The van der Waals surface area contributed by atoms with Crippen molar-refractivity contribution in [2.75, 3.05) is 11.4 Å². The van der Waals surface area contributed by atoms with Crippen LogP contribution in [-0.2, 0) is 4.79 Å². The van der Waals surface area contributed by atoms with Gasteiger partial charge in [-0.25, -0.2) is 4.79 Å². The summed E-state index contributed by atoms with van der Waals surface area (Å²) < 4.78 is 0. The van der Waals surface area contributed by atoms with E-state index in [1.165, 1.54) is 23.1 Å². The van der Waals surface area contributed by atoms with Gasteiger partial charge in [0, 0.05) is 12.6 Å². The van der Waals surface area contributed by atoms with Gasteiger partial charge in [-0.3, -0.25) is 14.9 Å². The molecule has 1 unspecified atom stereocenters. The maximum Gasteiger partial charge on any atom is 0.338 e. The van der Waals surface area contributed by atoms with Gasteiger partial charge in [0.25, 0.3) is 5.69 Å². The molecule has 1 aliphatic rings. The molecule has 0 saturated carbocycles. The van der Waals surface area contributed by atoms with Gasteiger partial charge in [0.05, 0.1) is 10.5 Å². The Labute approximate surface area is 120 Å². The Balaban J connectivity index is 2.61. The van der Waals surface area contributed by atoms with Gasteiger partial charge in [-0.1, -0.05) is 6.07 Å². The van der Waals surface area contributed by atoms with Crippen LogP contribution in [0.3, 0.4) is 0 Å². The molecule has 1 atom stereocenters. The number of para-hydroxylation sites is 1. The number of benzene rings is 1. The molecule has 112 valence electrons. The summed E-state index contributed by atoms with van der Waals surface area (Å²) in [6.45, 7) is 0.360. The predicted octanol–water partition coefficient (Wildman–Crippen LogP) is 1.14. The summed E-state index contributed by atoms with van der Waals surface area (Å²) in [6, 6.07) is 3.11. The molecule has 1 saturated heterocycles. The summed E-state index contributed by atoms with van der Waals surface area (Å²) in [7, 11) is 0. The van der Waals surface area contributed by atoms with Crippen molar-refractivity contribution >= 4 is 23.3 Å². The number of rotatable bonds is 4. The molecule has 1 aromatic carbocycles. The molecular weight excluding hydrogens is 278 g/mol. The van der Waals surface area contributed by atoms with Crippen molar-refractivity contribution < 1.29 is 19.6 Å². The third kappa shape index (κ3) is 2.78. The molecule has 1 amide bonds. The molecule has 8 nitrogen and oxygen atoms in total. The van der Waals surface area contributed by atoms with Crippen LogP contribution in [0.1, 0.15) is 29.6 Å². The summed E-state index contributed by atoms with van der Waals surface area (Å²) in [5.74, 6) is -1.88. The summed E-state index contributed by atoms with van der Waals surface area (Å²) >= 11 is 0. The first-order valence-electron chi connectivity index (χ1n) is 6.50. The van der Waals surface area contributed by atoms with E-state index in [-0.39, 0.29) is 16.9 Å². The number of carboxylic acid groups (broad SMARTS) is 1. The van der Waals surface area contributed by atoms with E-state index in [4.69, 9.17) is 5.73 Å². The van der Waals surface area contributed by atoms with Crippen molar-refractivity contribution in [3.63, 3.8) is 0 Å². The van der Waals surface area contributed by atoms with E-state index in [2.05, 4.69) is 0 Å². The molecule has 1 heterocycles. The van der Waals surface area contributed by atoms with E-state index in [0.29, 0.717) is 13.0 Å². The van der Waals surface area contributed by atoms with E-state index in [1.54, 1.807) is 0 Å². The number of hydrogen-bond acceptors (Lipinski definition) is 5. The number of nitro groups is 1. The minimum Gasteiger partial charge on any atom is -0.478 e. The Morgan fingerprint density at radius 2 is 2.10 bits per heavy atom. The number of carbonyl (C=O) groups excluding carboxylic acids is 1. The first-order valence-corrected chi connectivity index (χ1v) is 6.50. The number of aromatic carboxylic acids is 1. The second-order valence-electron chi connectivity index (χ2n) is 4.84. The number of amides is 1. The SMILES string of the molecule is NC(=O)C1CCCCN1c1c(C(=O)O)cccc1[N+](=O)[O-]. The van der Waals surface area contributed by atoms with Crippen LogP contribution in [-0.4, -0.2) is 34.5 Å². The number of piperidine rings is 1. The summed E-state index contributed by atoms with van der Waals surface area (Å²) in [5.41, 5.74) is 4.78. The quantitative estimate of drug-likeness (QED) is 0.633. The normalized spacial score (nSPS) is 18.3. The van der Waals surface area contributed by atoms with E-state index < -0.39 is 22.8 Å². The zero-order valence-corrected chi connectivity index (χ0v) is 11.2. The lowest BCUT2D eigenvalue weighted by atomic mass is 9.98. The Bertz CT molecular complexity index is 569. The third-order valence-electron chi connectivity index (χ3n) is 3.56. The molecule has 8 heteroatoms. The average molecular weight is 293 g/mol. The summed E-state index contributed by atoms with van der Waals surface area (Å²) in [6.07, 6.45) is 1.95. The Kier molecular flexibility index (Phi) is 4.06. The lowest BCUT2D eigenvalue weighted by Gasteiger charge is -2.35. The number of nitrogens with two attached hydrogens (primary N) is 1. The lowest BCUT2D eigenvalue weighted by molar-refractivity contribution is -0.384. The highest BCUT2D eigenvalue weighted by Gasteiger charge is 2.34. The van der Waals surface area contributed by atoms with Crippen LogP contribution in [0.5, 0.6) is 0 Å².